The highest BCUT2D eigenvalue weighted by molar-refractivity contribution is 8.00. The highest BCUT2D eigenvalue weighted by Gasteiger charge is 2.35. The highest BCUT2D eigenvalue weighted by Crippen LogP contribution is 2.43. The lowest BCUT2D eigenvalue weighted by atomic mass is 10.1. The third-order valence-electron chi connectivity index (χ3n) is 3.91. The smallest absolute Gasteiger partial charge is 0.338 e. The molecule has 1 unspecified atom stereocenters. The molecule has 3 aromatic rings. The quantitative estimate of drug-likeness (QED) is 0.682. The lowest BCUT2D eigenvalue weighted by molar-refractivity contribution is 0.0526. The number of aromatic nitrogens is 2. The average molecular weight is 338 g/mol. The Hall–Kier alpha value is -2.60. The lowest BCUT2D eigenvalue weighted by Gasteiger charge is -2.07. The molecule has 1 atom stereocenters. The summed E-state index contributed by atoms with van der Waals surface area (Å²) in [6, 6.07) is 14.8. The van der Waals surface area contributed by atoms with E-state index in [0.29, 0.717) is 28.4 Å². The molecule has 4 rings (SSSR count). The van der Waals surface area contributed by atoms with Crippen LogP contribution in [-0.2, 0) is 4.74 Å². The van der Waals surface area contributed by atoms with Crippen LogP contribution in [0.5, 0.6) is 0 Å². The second-order valence-corrected chi connectivity index (χ2v) is 6.47. The van der Waals surface area contributed by atoms with E-state index in [0.717, 1.165) is 5.56 Å². The predicted molar refractivity (Wildman–Crippen MR) is 91.4 cm³/mol. The van der Waals surface area contributed by atoms with Gasteiger partial charge in [0.1, 0.15) is 5.25 Å². The van der Waals surface area contributed by atoms with E-state index >= 15 is 0 Å². The van der Waals surface area contributed by atoms with Crippen LogP contribution in [0.2, 0.25) is 0 Å². The minimum atomic E-state index is -0.381. The van der Waals surface area contributed by atoms with Gasteiger partial charge in [0.25, 0.3) is 5.91 Å². The Morgan fingerprint density at radius 2 is 2.04 bits per heavy atom. The van der Waals surface area contributed by atoms with Crippen molar-refractivity contribution in [2.24, 2.45) is 0 Å². The van der Waals surface area contributed by atoms with E-state index in [2.05, 4.69) is 4.98 Å². The molecule has 0 aliphatic carbocycles. The molecule has 2 aromatic carbocycles. The maximum atomic E-state index is 12.8. The summed E-state index contributed by atoms with van der Waals surface area (Å²) >= 11 is 1.43. The van der Waals surface area contributed by atoms with Crippen LogP contribution in [0.25, 0.3) is 11.0 Å². The first-order chi connectivity index (χ1) is 11.7. The molecule has 0 bridgehead atoms. The van der Waals surface area contributed by atoms with E-state index in [9.17, 15) is 9.59 Å². The first-order valence-corrected chi connectivity index (χ1v) is 8.52. The van der Waals surface area contributed by atoms with Gasteiger partial charge in [0, 0.05) is 0 Å². The molecular weight excluding hydrogens is 324 g/mol. The van der Waals surface area contributed by atoms with Gasteiger partial charge in [-0.25, -0.2) is 9.78 Å². The minimum Gasteiger partial charge on any atom is -0.462 e. The van der Waals surface area contributed by atoms with Crippen molar-refractivity contribution in [1.29, 1.82) is 0 Å². The van der Waals surface area contributed by atoms with Gasteiger partial charge in [0.15, 0.2) is 5.16 Å². The topological polar surface area (TPSA) is 61.2 Å². The van der Waals surface area contributed by atoms with Crippen molar-refractivity contribution >= 4 is 34.7 Å². The van der Waals surface area contributed by atoms with Crippen LogP contribution in [0.1, 0.15) is 32.9 Å². The maximum absolute atomic E-state index is 12.8. The normalized spacial score (nSPS) is 16.4. The van der Waals surface area contributed by atoms with E-state index < -0.39 is 0 Å². The zero-order valence-corrected chi connectivity index (χ0v) is 13.7. The summed E-state index contributed by atoms with van der Waals surface area (Å²) in [5.74, 6) is -0.388. The molecule has 0 amide bonds. The number of carbonyl (C=O) groups excluding carboxylic acids is 2. The minimum absolute atomic E-state index is 0.00687. The zero-order chi connectivity index (χ0) is 16.7. The van der Waals surface area contributed by atoms with Crippen LogP contribution in [0.15, 0.2) is 53.7 Å². The molecule has 2 heterocycles. The fraction of sp³-hybridized carbons (Fsp3) is 0.167. The second kappa shape index (κ2) is 5.79. The van der Waals surface area contributed by atoms with Gasteiger partial charge in [-0.1, -0.05) is 42.1 Å². The van der Waals surface area contributed by atoms with Crippen molar-refractivity contribution in [3.05, 3.63) is 59.7 Å². The SMILES string of the molecule is CCOC(=O)c1ccc2c(c1)nc1n2C(=O)C(c2ccccc2)S1. The number of benzene rings is 2. The number of fused-ring (bicyclic) bond motifs is 3. The summed E-state index contributed by atoms with van der Waals surface area (Å²) < 4.78 is 6.64. The molecule has 6 heteroatoms. The molecule has 120 valence electrons. The first-order valence-electron chi connectivity index (χ1n) is 7.64. The Kier molecular flexibility index (Phi) is 3.61. The maximum Gasteiger partial charge on any atom is 0.338 e. The van der Waals surface area contributed by atoms with E-state index in [4.69, 9.17) is 4.74 Å². The molecule has 1 aromatic heterocycles. The van der Waals surface area contributed by atoms with Crippen LogP contribution in [0.4, 0.5) is 0 Å². The number of thioether (sulfide) groups is 1. The monoisotopic (exact) mass is 338 g/mol. The largest absolute Gasteiger partial charge is 0.462 e. The van der Waals surface area contributed by atoms with Crippen molar-refractivity contribution < 1.29 is 14.3 Å². The number of imidazole rings is 1. The summed E-state index contributed by atoms with van der Waals surface area (Å²) in [6.45, 7) is 2.09. The first kappa shape index (κ1) is 15.0. The molecule has 0 radical (unpaired) electrons. The highest BCUT2D eigenvalue weighted by atomic mass is 32.2. The molecule has 24 heavy (non-hydrogen) atoms. The lowest BCUT2D eigenvalue weighted by Crippen LogP contribution is -2.11. The Labute approximate surface area is 142 Å². The van der Waals surface area contributed by atoms with Crippen LogP contribution >= 0.6 is 11.8 Å². The van der Waals surface area contributed by atoms with Crippen LogP contribution in [-0.4, -0.2) is 28.0 Å². The zero-order valence-electron chi connectivity index (χ0n) is 12.9. The fourth-order valence-electron chi connectivity index (χ4n) is 2.80. The molecule has 1 aliphatic rings. The van der Waals surface area contributed by atoms with Crippen LogP contribution < -0.4 is 0 Å². The number of carbonyl (C=O) groups is 2. The molecule has 0 saturated heterocycles. The van der Waals surface area contributed by atoms with Crippen molar-refractivity contribution in [2.75, 3.05) is 6.61 Å². The summed E-state index contributed by atoms with van der Waals surface area (Å²) in [5.41, 5.74) is 2.75. The number of ether oxygens (including phenoxy) is 1. The number of hydrogen-bond donors (Lipinski definition) is 0. The van der Waals surface area contributed by atoms with Crippen molar-refractivity contribution in [2.45, 2.75) is 17.3 Å². The molecule has 1 aliphatic heterocycles. The molecular formula is C18H14N2O3S. The average Bonchev–Trinajstić information content (AvgIpc) is 3.12. The van der Waals surface area contributed by atoms with Gasteiger partial charge in [-0.2, -0.15) is 0 Å². The summed E-state index contributed by atoms with van der Waals surface area (Å²) in [7, 11) is 0. The van der Waals surface area contributed by atoms with Gasteiger partial charge in [-0.3, -0.25) is 9.36 Å². The summed E-state index contributed by atoms with van der Waals surface area (Å²) in [6.07, 6.45) is 0. The van der Waals surface area contributed by atoms with Gasteiger partial charge in [-0.05, 0) is 30.7 Å². The number of nitrogens with zero attached hydrogens (tertiary/aromatic N) is 2. The molecule has 0 fully saturated rings. The Bertz CT molecular complexity index is 950. The van der Waals surface area contributed by atoms with E-state index in [1.54, 1.807) is 29.7 Å². The standard InChI is InChI=1S/C18H14N2O3S/c1-2-23-17(22)12-8-9-14-13(10-12)19-18-20(14)16(21)15(24-18)11-6-4-3-5-7-11/h3-10,15H,2H2,1H3. The number of hydrogen-bond acceptors (Lipinski definition) is 5. The Balaban J connectivity index is 1.73. The Morgan fingerprint density at radius 3 is 2.79 bits per heavy atom. The van der Waals surface area contributed by atoms with Gasteiger partial charge in [-0.15, -0.1) is 0 Å². The third kappa shape index (κ3) is 2.30. The van der Waals surface area contributed by atoms with Gasteiger partial charge < -0.3 is 4.74 Å². The molecule has 0 N–H and O–H groups in total. The van der Waals surface area contributed by atoms with Crippen molar-refractivity contribution in [3.8, 4) is 0 Å². The number of rotatable bonds is 3. The van der Waals surface area contributed by atoms with Gasteiger partial charge in [0.2, 0.25) is 0 Å². The third-order valence-corrected chi connectivity index (χ3v) is 5.10. The van der Waals surface area contributed by atoms with E-state index in [1.807, 2.05) is 30.3 Å². The van der Waals surface area contributed by atoms with Crippen LogP contribution in [0.3, 0.4) is 0 Å². The second-order valence-electron chi connectivity index (χ2n) is 5.40. The summed E-state index contributed by atoms with van der Waals surface area (Å²) in [5, 5.41) is 0.382. The van der Waals surface area contributed by atoms with Gasteiger partial charge >= 0.3 is 5.97 Å². The summed E-state index contributed by atoms with van der Waals surface area (Å²) in [4.78, 5) is 29.2. The van der Waals surface area contributed by atoms with E-state index in [1.165, 1.54) is 11.8 Å². The van der Waals surface area contributed by atoms with Crippen molar-refractivity contribution in [1.82, 2.24) is 9.55 Å². The van der Waals surface area contributed by atoms with Crippen LogP contribution in [0, 0.1) is 0 Å². The van der Waals surface area contributed by atoms with E-state index in [-0.39, 0.29) is 17.1 Å². The van der Waals surface area contributed by atoms with Gasteiger partial charge in [0.05, 0.1) is 23.2 Å². The Morgan fingerprint density at radius 1 is 1.25 bits per heavy atom. The predicted octanol–water partition coefficient (Wildman–Crippen LogP) is 3.70. The molecule has 5 nitrogen and oxygen atoms in total. The van der Waals surface area contributed by atoms with Crippen molar-refractivity contribution in [3.63, 3.8) is 0 Å². The molecule has 0 spiro atoms. The fourth-order valence-corrected chi connectivity index (χ4v) is 3.96. The molecule has 0 saturated carbocycles. The number of esters is 1.